The molecule has 0 aliphatic heterocycles. The number of hydrogen-bond acceptors (Lipinski definition) is 4. The van der Waals surface area contributed by atoms with Crippen molar-refractivity contribution in [3.05, 3.63) is 30.1 Å². The Morgan fingerprint density at radius 3 is 2.80 bits per heavy atom. The van der Waals surface area contributed by atoms with Gasteiger partial charge in [0.1, 0.15) is 0 Å². The van der Waals surface area contributed by atoms with E-state index in [1.807, 2.05) is 0 Å². The maximum Gasteiger partial charge on any atom is 0.157 e. The lowest BCUT2D eigenvalue weighted by Crippen LogP contribution is -2.22. The van der Waals surface area contributed by atoms with Crippen LogP contribution in [0.1, 0.15) is 18.9 Å². The number of hydrogen-bond donors (Lipinski definition) is 1. The quantitative estimate of drug-likeness (QED) is 0.806. The molecule has 15 heavy (non-hydrogen) atoms. The second-order valence-corrected chi connectivity index (χ2v) is 5.98. The molecule has 4 nitrogen and oxygen atoms in total. The molecule has 1 unspecified atom stereocenters. The van der Waals surface area contributed by atoms with Crippen molar-refractivity contribution < 1.29 is 8.42 Å². The van der Waals surface area contributed by atoms with Gasteiger partial charge in [0.2, 0.25) is 0 Å². The van der Waals surface area contributed by atoms with Gasteiger partial charge < -0.3 is 5.73 Å². The summed E-state index contributed by atoms with van der Waals surface area (Å²) in [6.45, 7) is 2.09. The fourth-order valence-electron chi connectivity index (χ4n) is 1.27. The lowest BCUT2D eigenvalue weighted by atomic mass is 10.3. The van der Waals surface area contributed by atoms with Gasteiger partial charge in [0.05, 0.1) is 11.0 Å². The first-order valence-corrected chi connectivity index (χ1v) is 6.58. The van der Waals surface area contributed by atoms with Crippen molar-refractivity contribution in [2.45, 2.75) is 24.3 Å². The first-order valence-electron chi connectivity index (χ1n) is 4.87. The lowest BCUT2D eigenvalue weighted by Gasteiger charge is -2.11. The summed E-state index contributed by atoms with van der Waals surface area (Å²) in [6, 6.07) is 3.50. The van der Waals surface area contributed by atoms with Crippen molar-refractivity contribution in [1.29, 1.82) is 0 Å². The highest BCUT2D eigenvalue weighted by molar-refractivity contribution is 7.91. The summed E-state index contributed by atoms with van der Waals surface area (Å²) < 4.78 is 23.6. The third-order valence-corrected chi connectivity index (χ3v) is 4.47. The van der Waals surface area contributed by atoms with Crippen molar-refractivity contribution >= 4 is 9.84 Å². The average molecular weight is 228 g/mol. The topological polar surface area (TPSA) is 73.1 Å². The van der Waals surface area contributed by atoms with Crippen LogP contribution in [0.15, 0.2) is 24.5 Å². The van der Waals surface area contributed by atoms with Crippen molar-refractivity contribution in [1.82, 2.24) is 4.98 Å². The SMILES string of the molecule is CC(CCN)S(=O)(=O)Cc1cccnc1. The molecule has 5 heteroatoms. The van der Waals surface area contributed by atoms with Gasteiger partial charge >= 0.3 is 0 Å². The van der Waals surface area contributed by atoms with Crippen molar-refractivity contribution in [2.75, 3.05) is 6.54 Å². The third kappa shape index (κ3) is 3.60. The first-order chi connectivity index (χ1) is 7.06. The summed E-state index contributed by atoms with van der Waals surface area (Å²) in [5.74, 6) is 0.0437. The Bertz CT molecular complexity index is 389. The van der Waals surface area contributed by atoms with Crippen LogP contribution in [-0.2, 0) is 15.6 Å². The normalized spacial score (nSPS) is 13.7. The minimum atomic E-state index is -3.10. The molecule has 0 aliphatic rings. The van der Waals surface area contributed by atoms with E-state index in [1.54, 1.807) is 31.5 Å². The smallest absolute Gasteiger partial charge is 0.157 e. The standard InChI is InChI=1S/C10H16N2O2S/c1-9(4-5-11)15(13,14)8-10-3-2-6-12-7-10/h2-3,6-7,9H,4-5,8,11H2,1H3. The Morgan fingerprint density at radius 2 is 2.27 bits per heavy atom. The van der Waals surface area contributed by atoms with E-state index >= 15 is 0 Å². The largest absolute Gasteiger partial charge is 0.330 e. The Morgan fingerprint density at radius 1 is 1.53 bits per heavy atom. The summed E-state index contributed by atoms with van der Waals surface area (Å²) >= 11 is 0. The fourth-order valence-corrected chi connectivity index (χ4v) is 2.69. The van der Waals surface area contributed by atoms with Gasteiger partial charge in [-0.2, -0.15) is 0 Å². The van der Waals surface area contributed by atoms with Crippen LogP contribution in [0.4, 0.5) is 0 Å². The molecule has 1 atom stereocenters. The van der Waals surface area contributed by atoms with Gasteiger partial charge in [-0.05, 0) is 31.5 Å². The molecule has 1 heterocycles. The van der Waals surface area contributed by atoms with E-state index in [-0.39, 0.29) is 11.0 Å². The molecule has 0 bridgehead atoms. The molecular formula is C10H16N2O2S. The monoisotopic (exact) mass is 228 g/mol. The van der Waals surface area contributed by atoms with E-state index in [0.29, 0.717) is 13.0 Å². The number of pyridine rings is 1. The van der Waals surface area contributed by atoms with Crippen LogP contribution < -0.4 is 5.73 Å². The minimum absolute atomic E-state index is 0.0437. The Labute approximate surface area is 90.4 Å². The van der Waals surface area contributed by atoms with Gasteiger partial charge in [-0.25, -0.2) is 8.42 Å². The highest BCUT2D eigenvalue weighted by atomic mass is 32.2. The van der Waals surface area contributed by atoms with Crippen LogP contribution in [0, 0.1) is 0 Å². The molecule has 0 amide bonds. The van der Waals surface area contributed by atoms with Gasteiger partial charge in [0.25, 0.3) is 0 Å². The molecule has 1 aromatic rings. The Balaban J connectivity index is 2.73. The summed E-state index contributed by atoms with van der Waals surface area (Å²) in [7, 11) is -3.10. The molecule has 0 spiro atoms. The summed E-state index contributed by atoms with van der Waals surface area (Å²) in [6.07, 6.45) is 3.70. The number of nitrogens with two attached hydrogens (primary N) is 1. The van der Waals surface area contributed by atoms with Gasteiger partial charge in [-0.15, -0.1) is 0 Å². The van der Waals surface area contributed by atoms with E-state index < -0.39 is 9.84 Å². The van der Waals surface area contributed by atoms with E-state index in [0.717, 1.165) is 5.56 Å². The lowest BCUT2D eigenvalue weighted by molar-refractivity contribution is 0.577. The second kappa shape index (κ2) is 5.23. The van der Waals surface area contributed by atoms with Crippen LogP contribution in [-0.4, -0.2) is 25.2 Å². The molecule has 84 valence electrons. The zero-order valence-electron chi connectivity index (χ0n) is 8.76. The zero-order valence-corrected chi connectivity index (χ0v) is 9.57. The Hall–Kier alpha value is -0.940. The highest BCUT2D eigenvalue weighted by Gasteiger charge is 2.20. The van der Waals surface area contributed by atoms with Crippen molar-refractivity contribution in [3.63, 3.8) is 0 Å². The van der Waals surface area contributed by atoms with E-state index in [9.17, 15) is 8.42 Å². The summed E-state index contributed by atoms with van der Waals surface area (Å²) in [5, 5.41) is -0.386. The number of rotatable bonds is 5. The highest BCUT2D eigenvalue weighted by Crippen LogP contribution is 2.12. The molecule has 1 rings (SSSR count). The molecule has 1 aromatic heterocycles. The van der Waals surface area contributed by atoms with Crippen LogP contribution in [0.5, 0.6) is 0 Å². The number of sulfone groups is 1. The average Bonchev–Trinajstić information content (AvgIpc) is 2.19. The van der Waals surface area contributed by atoms with Crippen LogP contribution >= 0.6 is 0 Å². The second-order valence-electron chi connectivity index (χ2n) is 3.56. The molecule has 0 aromatic carbocycles. The van der Waals surface area contributed by atoms with E-state index in [2.05, 4.69) is 4.98 Å². The number of nitrogens with zero attached hydrogens (tertiary/aromatic N) is 1. The molecule has 0 aliphatic carbocycles. The summed E-state index contributed by atoms with van der Waals surface area (Å²) in [5.41, 5.74) is 6.07. The molecule has 0 saturated heterocycles. The fraction of sp³-hybridized carbons (Fsp3) is 0.500. The molecule has 0 saturated carbocycles. The minimum Gasteiger partial charge on any atom is -0.330 e. The molecular weight excluding hydrogens is 212 g/mol. The van der Waals surface area contributed by atoms with Crippen LogP contribution in [0.3, 0.4) is 0 Å². The third-order valence-electron chi connectivity index (χ3n) is 2.28. The maximum atomic E-state index is 11.8. The molecule has 2 N–H and O–H groups in total. The van der Waals surface area contributed by atoms with E-state index in [4.69, 9.17) is 5.73 Å². The van der Waals surface area contributed by atoms with Crippen LogP contribution in [0.2, 0.25) is 0 Å². The van der Waals surface area contributed by atoms with Gasteiger partial charge in [-0.1, -0.05) is 6.07 Å². The van der Waals surface area contributed by atoms with Crippen molar-refractivity contribution in [2.24, 2.45) is 5.73 Å². The zero-order chi connectivity index (χ0) is 11.3. The van der Waals surface area contributed by atoms with Gasteiger partial charge in [-0.3, -0.25) is 4.98 Å². The predicted octanol–water partition coefficient (Wildman–Crippen LogP) is 0.734. The Kier molecular flexibility index (Phi) is 4.23. The van der Waals surface area contributed by atoms with Crippen molar-refractivity contribution in [3.8, 4) is 0 Å². The van der Waals surface area contributed by atoms with Gasteiger partial charge in [0, 0.05) is 12.4 Å². The van der Waals surface area contributed by atoms with Gasteiger partial charge in [0.15, 0.2) is 9.84 Å². The van der Waals surface area contributed by atoms with E-state index in [1.165, 1.54) is 0 Å². The molecule has 0 radical (unpaired) electrons. The first kappa shape index (κ1) is 12.1. The molecule has 0 fully saturated rings. The maximum absolute atomic E-state index is 11.8. The predicted molar refractivity (Wildman–Crippen MR) is 60.0 cm³/mol. The summed E-state index contributed by atoms with van der Waals surface area (Å²) in [4.78, 5) is 3.89. The number of aromatic nitrogens is 1. The van der Waals surface area contributed by atoms with Crippen LogP contribution in [0.25, 0.3) is 0 Å².